The van der Waals surface area contributed by atoms with Crippen LogP contribution in [0.4, 0.5) is 0 Å². The lowest BCUT2D eigenvalue weighted by molar-refractivity contribution is -0.121. The van der Waals surface area contributed by atoms with E-state index < -0.39 is 5.54 Å². The normalized spacial score (nSPS) is 17.9. The van der Waals surface area contributed by atoms with Crippen LogP contribution in [0.2, 0.25) is 0 Å². The first-order chi connectivity index (χ1) is 8.12. The molecule has 0 aliphatic heterocycles. The third kappa shape index (κ3) is 2.84. The van der Waals surface area contributed by atoms with Crippen LogP contribution >= 0.6 is 23.6 Å². The number of carbonyl (C=O) groups excluding carboxylic acids is 1. The molecule has 0 radical (unpaired) electrons. The van der Waals surface area contributed by atoms with E-state index in [9.17, 15) is 4.79 Å². The molecule has 1 amide bonds. The lowest BCUT2D eigenvalue weighted by atomic mass is 9.97. The van der Waals surface area contributed by atoms with Gasteiger partial charge in [-0.1, -0.05) is 31.1 Å². The van der Waals surface area contributed by atoms with Crippen molar-refractivity contribution in [3.63, 3.8) is 0 Å². The second-order valence-electron chi connectivity index (χ2n) is 4.46. The zero-order valence-electron chi connectivity index (χ0n) is 9.57. The summed E-state index contributed by atoms with van der Waals surface area (Å²) in [7, 11) is 0. The van der Waals surface area contributed by atoms with E-state index in [1.165, 1.54) is 0 Å². The van der Waals surface area contributed by atoms with Gasteiger partial charge in [-0.15, -0.1) is 11.3 Å². The molecule has 1 aromatic rings. The van der Waals surface area contributed by atoms with Gasteiger partial charge in [0.2, 0.25) is 5.91 Å². The van der Waals surface area contributed by atoms with Gasteiger partial charge in [0.15, 0.2) is 0 Å². The van der Waals surface area contributed by atoms with E-state index in [4.69, 9.17) is 18.0 Å². The van der Waals surface area contributed by atoms with Gasteiger partial charge in [-0.2, -0.15) is 0 Å². The molecule has 0 bridgehead atoms. The van der Waals surface area contributed by atoms with E-state index in [2.05, 4.69) is 5.32 Å². The van der Waals surface area contributed by atoms with Gasteiger partial charge < -0.3 is 11.1 Å². The van der Waals surface area contributed by atoms with Gasteiger partial charge in [0, 0.05) is 4.88 Å². The van der Waals surface area contributed by atoms with Crippen LogP contribution < -0.4 is 11.1 Å². The Kier molecular flexibility index (Phi) is 3.79. The molecule has 0 atom stereocenters. The van der Waals surface area contributed by atoms with Gasteiger partial charge in [-0.25, -0.2) is 0 Å². The van der Waals surface area contributed by atoms with Gasteiger partial charge in [0.25, 0.3) is 0 Å². The molecule has 1 aliphatic rings. The van der Waals surface area contributed by atoms with E-state index in [0.29, 0.717) is 11.4 Å². The number of amides is 1. The number of nitrogens with two attached hydrogens (primary N) is 1. The Bertz CT molecular complexity index is 408. The molecule has 3 nitrogen and oxygen atoms in total. The summed E-state index contributed by atoms with van der Waals surface area (Å²) < 4.78 is 0. The monoisotopic (exact) mass is 268 g/mol. The van der Waals surface area contributed by atoms with Crippen LogP contribution in [0.25, 0.3) is 0 Å². The molecule has 0 unspecified atom stereocenters. The largest absolute Gasteiger partial charge is 0.391 e. The molecule has 92 valence electrons. The minimum Gasteiger partial charge on any atom is -0.391 e. The summed E-state index contributed by atoms with van der Waals surface area (Å²) in [6, 6.07) is 3.92. The van der Waals surface area contributed by atoms with Crippen LogP contribution in [0.5, 0.6) is 0 Å². The molecule has 0 saturated heterocycles. The van der Waals surface area contributed by atoms with Crippen molar-refractivity contribution in [2.24, 2.45) is 5.73 Å². The number of rotatable bonds is 4. The maximum atomic E-state index is 12.0. The maximum Gasteiger partial charge on any atom is 0.226 e. The summed E-state index contributed by atoms with van der Waals surface area (Å²) in [5.74, 6) is 0.0159. The second kappa shape index (κ2) is 5.14. The molecule has 1 heterocycles. The van der Waals surface area contributed by atoms with Crippen LogP contribution in [0.15, 0.2) is 17.5 Å². The average molecular weight is 268 g/mol. The SMILES string of the molecule is NC(=S)C1(NC(=O)Cc2cccs2)CCCC1. The highest BCUT2D eigenvalue weighted by Gasteiger charge is 2.37. The fourth-order valence-corrected chi connectivity index (χ4v) is 3.25. The van der Waals surface area contributed by atoms with Crippen molar-refractivity contribution in [3.8, 4) is 0 Å². The molecule has 0 aromatic carbocycles. The molecular weight excluding hydrogens is 252 g/mol. The highest BCUT2D eigenvalue weighted by molar-refractivity contribution is 7.80. The standard InChI is InChI=1S/C12H16N2OS2/c13-11(16)12(5-1-2-6-12)14-10(15)8-9-4-3-7-17-9/h3-4,7H,1-2,5-6,8H2,(H2,13,16)(H,14,15). The molecule has 1 fully saturated rings. The highest BCUT2D eigenvalue weighted by atomic mass is 32.1. The first-order valence-corrected chi connectivity index (χ1v) is 7.04. The van der Waals surface area contributed by atoms with Crippen molar-refractivity contribution < 1.29 is 4.79 Å². The molecule has 5 heteroatoms. The fourth-order valence-electron chi connectivity index (χ4n) is 2.29. The van der Waals surface area contributed by atoms with Gasteiger partial charge in [-0.05, 0) is 24.3 Å². The van der Waals surface area contributed by atoms with Crippen molar-refractivity contribution in [1.29, 1.82) is 0 Å². The summed E-state index contributed by atoms with van der Waals surface area (Å²) in [6.07, 6.45) is 4.33. The molecule has 1 aromatic heterocycles. The quantitative estimate of drug-likeness (QED) is 0.821. The number of thiocarbonyl (C=S) groups is 1. The molecule has 17 heavy (non-hydrogen) atoms. The summed E-state index contributed by atoms with van der Waals surface area (Å²) in [5.41, 5.74) is 5.35. The Morgan fingerprint density at radius 2 is 2.24 bits per heavy atom. The first kappa shape index (κ1) is 12.5. The van der Waals surface area contributed by atoms with Crippen LogP contribution in [0.1, 0.15) is 30.6 Å². The van der Waals surface area contributed by atoms with Crippen LogP contribution in [-0.2, 0) is 11.2 Å². The first-order valence-electron chi connectivity index (χ1n) is 5.76. The summed E-state index contributed by atoms with van der Waals surface area (Å²) in [6.45, 7) is 0. The predicted molar refractivity (Wildman–Crippen MR) is 74.2 cm³/mol. The zero-order valence-corrected chi connectivity index (χ0v) is 11.2. The lowest BCUT2D eigenvalue weighted by Gasteiger charge is -2.29. The molecule has 1 saturated carbocycles. The number of thiophene rings is 1. The molecule has 2 rings (SSSR count). The van der Waals surface area contributed by atoms with E-state index in [0.717, 1.165) is 30.6 Å². The van der Waals surface area contributed by atoms with Gasteiger partial charge in [-0.3, -0.25) is 4.79 Å². The van der Waals surface area contributed by atoms with E-state index >= 15 is 0 Å². The summed E-state index contributed by atoms with van der Waals surface area (Å²) >= 11 is 6.69. The van der Waals surface area contributed by atoms with E-state index in [-0.39, 0.29) is 5.91 Å². The molecule has 3 N–H and O–H groups in total. The molecule has 1 aliphatic carbocycles. The minimum atomic E-state index is -0.427. The average Bonchev–Trinajstić information content (AvgIpc) is 2.89. The van der Waals surface area contributed by atoms with Crippen LogP contribution in [0.3, 0.4) is 0 Å². The lowest BCUT2D eigenvalue weighted by Crippen LogP contribution is -2.55. The molecular formula is C12H16N2OS2. The van der Waals surface area contributed by atoms with Crippen molar-refractivity contribution in [3.05, 3.63) is 22.4 Å². The Hall–Kier alpha value is -0.940. The Labute approximate surface area is 110 Å². The van der Waals surface area contributed by atoms with Crippen molar-refractivity contribution in [2.75, 3.05) is 0 Å². The van der Waals surface area contributed by atoms with E-state index in [1.54, 1.807) is 11.3 Å². The molecule has 0 spiro atoms. The number of hydrogen-bond donors (Lipinski definition) is 2. The van der Waals surface area contributed by atoms with Crippen LogP contribution in [-0.4, -0.2) is 16.4 Å². The number of carbonyl (C=O) groups is 1. The highest BCUT2D eigenvalue weighted by Crippen LogP contribution is 2.30. The Morgan fingerprint density at radius 1 is 1.53 bits per heavy atom. The van der Waals surface area contributed by atoms with Crippen molar-refractivity contribution in [2.45, 2.75) is 37.6 Å². The number of nitrogens with one attached hydrogen (secondary N) is 1. The zero-order chi connectivity index (χ0) is 12.3. The predicted octanol–water partition coefficient (Wildman–Crippen LogP) is 2.01. The summed E-state index contributed by atoms with van der Waals surface area (Å²) in [5, 5.41) is 5.01. The third-order valence-corrected chi connectivity index (χ3v) is 4.49. The third-order valence-electron chi connectivity index (χ3n) is 3.22. The van der Waals surface area contributed by atoms with Gasteiger partial charge in [0.1, 0.15) is 0 Å². The summed E-state index contributed by atoms with van der Waals surface area (Å²) in [4.78, 5) is 13.5. The van der Waals surface area contributed by atoms with Gasteiger partial charge >= 0.3 is 0 Å². The van der Waals surface area contributed by atoms with Crippen molar-refractivity contribution in [1.82, 2.24) is 5.32 Å². The Morgan fingerprint density at radius 3 is 2.76 bits per heavy atom. The Balaban J connectivity index is 1.99. The number of hydrogen-bond acceptors (Lipinski definition) is 3. The van der Waals surface area contributed by atoms with Crippen LogP contribution in [0, 0.1) is 0 Å². The second-order valence-corrected chi connectivity index (χ2v) is 5.93. The van der Waals surface area contributed by atoms with Crippen molar-refractivity contribution >= 4 is 34.5 Å². The van der Waals surface area contributed by atoms with Gasteiger partial charge in [0.05, 0.1) is 16.9 Å². The maximum absolute atomic E-state index is 12.0. The fraction of sp³-hybridized carbons (Fsp3) is 0.500. The minimum absolute atomic E-state index is 0.0159. The topological polar surface area (TPSA) is 55.1 Å². The smallest absolute Gasteiger partial charge is 0.226 e. The van der Waals surface area contributed by atoms with E-state index in [1.807, 2.05) is 17.5 Å².